The van der Waals surface area contributed by atoms with Crippen LogP contribution in [0, 0.1) is 0 Å². The van der Waals surface area contributed by atoms with Crippen molar-refractivity contribution in [2.45, 2.75) is 30.9 Å². The molecule has 1 saturated carbocycles. The van der Waals surface area contributed by atoms with E-state index in [0.29, 0.717) is 18.7 Å². The molecule has 16 heavy (non-hydrogen) atoms. The van der Waals surface area contributed by atoms with Gasteiger partial charge in [-0.2, -0.15) is 0 Å². The number of hydrogen-bond acceptors (Lipinski definition) is 4. The molecule has 0 radical (unpaired) electrons. The van der Waals surface area contributed by atoms with E-state index in [1.54, 1.807) is 7.11 Å². The van der Waals surface area contributed by atoms with Crippen LogP contribution in [0.2, 0.25) is 0 Å². The Morgan fingerprint density at radius 2 is 1.94 bits per heavy atom. The molecule has 0 saturated heterocycles. The van der Waals surface area contributed by atoms with Gasteiger partial charge in [-0.25, -0.2) is 0 Å². The molecule has 1 N–H and O–H groups in total. The second-order valence-corrected chi connectivity index (χ2v) is 5.28. The highest BCUT2D eigenvalue weighted by Crippen LogP contribution is 2.36. The van der Waals surface area contributed by atoms with Gasteiger partial charge < -0.3 is 19.6 Å². The standard InChI is InChI=1S/C12H26N2O2/c1-13(2)12(6-5-7-12)10-14(3)8-11(15)9-16-4/h11,15H,5-10H2,1-4H3. The number of aliphatic hydroxyl groups excluding tert-OH is 1. The highest BCUT2D eigenvalue weighted by Gasteiger charge is 2.39. The second kappa shape index (κ2) is 5.96. The molecule has 0 aromatic carbocycles. The summed E-state index contributed by atoms with van der Waals surface area (Å²) in [7, 11) is 8.00. The largest absolute Gasteiger partial charge is 0.389 e. The smallest absolute Gasteiger partial charge is 0.0899 e. The van der Waals surface area contributed by atoms with Crippen LogP contribution < -0.4 is 0 Å². The van der Waals surface area contributed by atoms with E-state index >= 15 is 0 Å². The molecule has 0 aliphatic heterocycles. The van der Waals surface area contributed by atoms with Crippen LogP contribution in [0.15, 0.2) is 0 Å². The molecular weight excluding hydrogens is 204 g/mol. The van der Waals surface area contributed by atoms with E-state index in [9.17, 15) is 5.11 Å². The zero-order valence-corrected chi connectivity index (χ0v) is 11.1. The van der Waals surface area contributed by atoms with Crippen molar-refractivity contribution in [2.24, 2.45) is 0 Å². The molecule has 0 aromatic heterocycles. The van der Waals surface area contributed by atoms with Crippen molar-refractivity contribution in [3.63, 3.8) is 0 Å². The Hall–Kier alpha value is -0.160. The molecule has 0 bridgehead atoms. The number of ether oxygens (including phenoxy) is 1. The Balaban J connectivity index is 2.35. The molecule has 0 heterocycles. The first-order valence-corrected chi connectivity index (χ1v) is 6.03. The fourth-order valence-electron chi connectivity index (χ4n) is 2.50. The van der Waals surface area contributed by atoms with Crippen molar-refractivity contribution < 1.29 is 9.84 Å². The van der Waals surface area contributed by atoms with Gasteiger partial charge in [0.15, 0.2) is 0 Å². The van der Waals surface area contributed by atoms with Crippen LogP contribution >= 0.6 is 0 Å². The third-order valence-electron chi connectivity index (χ3n) is 3.68. The fraction of sp³-hybridized carbons (Fsp3) is 1.00. The fourth-order valence-corrected chi connectivity index (χ4v) is 2.50. The number of nitrogens with zero attached hydrogens (tertiary/aromatic N) is 2. The average molecular weight is 230 g/mol. The van der Waals surface area contributed by atoms with Crippen molar-refractivity contribution in [3.05, 3.63) is 0 Å². The number of likely N-dealkylation sites (N-methyl/N-ethyl adjacent to an activating group) is 2. The topological polar surface area (TPSA) is 35.9 Å². The van der Waals surface area contributed by atoms with E-state index in [1.807, 2.05) is 0 Å². The van der Waals surface area contributed by atoms with E-state index < -0.39 is 0 Å². The Labute approximate surface area is 99.2 Å². The maximum absolute atomic E-state index is 9.67. The Morgan fingerprint density at radius 3 is 2.31 bits per heavy atom. The van der Waals surface area contributed by atoms with Gasteiger partial charge in [0.1, 0.15) is 0 Å². The predicted octanol–water partition coefficient (Wildman–Crippen LogP) is 0.410. The van der Waals surface area contributed by atoms with Crippen LogP contribution in [-0.2, 0) is 4.74 Å². The van der Waals surface area contributed by atoms with Gasteiger partial charge in [-0.15, -0.1) is 0 Å². The maximum atomic E-state index is 9.67. The van der Waals surface area contributed by atoms with Crippen LogP contribution in [0.5, 0.6) is 0 Å². The summed E-state index contributed by atoms with van der Waals surface area (Å²) in [6.45, 7) is 2.13. The van der Waals surface area contributed by atoms with E-state index in [-0.39, 0.29) is 6.10 Å². The van der Waals surface area contributed by atoms with E-state index in [0.717, 1.165) is 6.54 Å². The van der Waals surface area contributed by atoms with Crippen LogP contribution in [0.1, 0.15) is 19.3 Å². The van der Waals surface area contributed by atoms with Crippen LogP contribution in [0.4, 0.5) is 0 Å². The first-order chi connectivity index (χ1) is 7.50. The highest BCUT2D eigenvalue weighted by molar-refractivity contribution is 4.97. The normalized spacial score (nSPS) is 21.2. The van der Waals surface area contributed by atoms with E-state index in [2.05, 4.69) is 30.9 Å². The summed E-state index contributed by atoms with van der Waals surface area (Å²) in [5.41, 5.74) is 0.335. The van der Waals surface area contributed by atoms with Crippen LogP contribution in [-0.4, -0.2) is 74.5 Å². The lowest BCUT2D eigenvalue weighted by Gasteiger charge is -2.49. The lowest BCUT2D eigenvalue weighted by atomic mass is 9.75. The molecule has 1 aliphatic carbocycles. The van der Waals surface area contributed by atoms with Gasteiger partial charge in [-0.1, -0.05) is 0 Å². The monoisotopic (exact) mass is 230 g/mol. The summed E-state index contributed by atoms with van der Waals surface area (Å²) in [4.78, 5) is 4.54. The quantitative estimate of drug-likeness (QED) is 0.687. The summed E-state index contributed by atoms with van der Waals surface area (Å²) in [5.74, 6) is 0. The molecule has 4 heteroatoms. The van der Waals surface area contributed by atoms with Gasteiger partial charge in [0.05, 0.1) is 12.7 Å². The van der Waals surface area contributed by atoms with E-state index in [1.165, 1.54) is 19.3 Å². The Kier molecular flexibility index (Phi) is 5.18. The molecular formula is C12H26N2O2. The minimum Gasteiger partial charge on any atom is -0.389 e. The molecule has 1 unspecified atom stereocenters. The zero-order valence-electron chi connectivity index (χ0n) is 11.1. The molecule has 4 nitrogen and oxygen atoms in total. The summed E-state index contributed by atoms with van der Waals surface area (Å²) in [5, 5.41) is 9.67. The molecule has 0 amide bonds. The molecule has 1 aliphatic rings. The van der Waals surface area contributed by atoms with Crippen molar-refractivity contribution in [3.8, 4) is 0 Å². The molecule has 1 fully saturated rings. The molecule has 0 spiro atoms. The maximum Gasteiger partial charge on any atom is 0.0899 e. The van der Waals surface area contributed by atoms with Crippen molar-refractivity contribution >= 4 is 0 Å². The molecule has 1 atom stereocenters. The number of aliphatic hydroxyl groups is 1. The van der Waals surface area contributed by atoms with Crippen LogP contribution in [0.3, 0.4) is 0 Å². The molecule has 0 aromatic rings. The zero-order chi connectivity index (χ0) is 12.2. The summed E-state index contributed by atoms with van der Waals surface area (Å²) in [6, 6.07) is 0. The highest BCUT2D eigenvalue weighted by atomic mass is 16.5. The summed E-state index contributed by atoms with van der Waals surface area (Å²) < 4.78 is 4.94. The third kappa shape index (κ3) is 3.42. The van der Waals surface area contributed by atoms with Gasteiger partial charge in [0, 0.05) is 25.7 Å². The van der Waals surface area contributed by atoms with Gasteiger partial charge in [-0.05, 0) is 40.4 Å². The van der Waals surface area contributed by atoms with Gasteiger partial charge in [0.25, 0.3) is 0 Å². The molecule has 1 rings (SSSR count). The minimum atomic E-state index is -0.380. The second-order valence-electron chi connectivity index (χ2n) is 5.28. The number of methoxy groups -OCH3 is 1. The lowest BCUT2D eigenvalue weighted by Crippen LogP contribution is -2.57. The first-order valence-electron chi connectivity index (χ1n) is 6.03. The Bertz CT molecular complexity index is 205. The molecule has 96 valence electrons. The first kappa shape index (κ1) is 13.9. The minimum absolute atomic E-state index is 0.335. The van der Waals surface area contributed by atoms with Crippen molar-refractivity contribution in [1.82, 2.24) is 9.80 Å². The van der Waals surface area contributed by atoms with E-state index in [4.69, 9.17) is 4.74 Å². The lowest BCUT2D eigenvalue weighted by molar-refractivity contribution is 0.000242. The SMILES string of the molecule is COCC(O)CN(C)CC1(N(C)C)CCC1. The van der Waals surface area contributed by atoms with Crippen LogP contribution in [0.25, 0.3) is 0 Å². The summed E-state index contributed by atoms with van der Waals surface area (Å²) in [6.07, 6.45) is 3.48. The average Bonchev–Trinajstić information content (AvgIpc) is 2.10. The third-order valence-corrected chi connectivity index (χ3v) is 3.68. The number of rotatable bonds is 7. The number of hydrogen-bond donors (Lipinski definition) is 1. The Morgan fingerprint density at radius 1 is 1.31 bits per heavy atom. The van der Waals surface area contributed by atoms with Crippen molar-refractivity contribution in [2.75, 3.05) is 47.9 Å². The van der Waals surface area contributed by atoms with Gasteiger partial charge in [-0.3, -0.25) is 0 Å². The summed E-state index contributed by atoms with van der Waals surface area (Å²) >= 11 is 0. The predicted molar refractivity (Wildman–Crippen MR) is 65.6 cm³/mol. The van der Waals surface area contributed by atoms with Gasteiger partial charge >= 0.3 is 0 Å². The van der Waals surface area contributed by atoms with Crippen molar-refractivity contribution in [1.29, 1.82) is 0 Å². The van der Waals surface area contributed by atoms with Gasteiger partial charge in [0.2, 0.25) is 0 Å².